The van der Waals surface area contributed by atoms with E-state index < -0.39 is 6.04 Å². The number of aryl methyl sites for hydroxylation is 2. The number of methoxy groups -OCH3 is 1. The van der Waals surface area contributed by atoms with Crippen LogP contribution >= 0.6 is 0 Å². The van der Waals surface area contributed by atoms with Crippen LogP contribution in [0.15, 0.2) is 69.9 Å². The van der Waals surface area contributed by atoms with Gasteiger partial charge in [0.15, 0.2) is 5.43 Å². The van der Waals surface area contributed by atoms with Gasteiger partial charge >= 0.3 is 0 Å². The zero-order valence-corrected chi connectivity index (χ0v) is 21.7. The topological polar surface area (TPSA) is 69.0 Å². The van der Waals surface area contributed by atoms with Gasteiger partial charge < -0.3 is 18.8 Å². The molecule has 0 aliphatic carbocycles. The van der Waals surface area contributed by atoms with Crippen molar-refractivity contribution in [3.05, 3.63) is 104 Å². The standard InChI is InChI=1S/C31H31NO5/c1-5-15-36-24-8-6-7-22(18-24)28-27-29(33)26-20(3)16-19(2)17-25(26)37-30(27)31(34)32(28)14-13-21-9-11-23(35-4)12-10-21/h6-12,16-18,28H,5,13-15H2,1-4H3. The Hall–Kier alpha value is -4.06. The molecule has 5 rings (SSSR count). The van der Waals surface area contributed by atoms with Gasteiger partial charge in [0.2, 0.25) is 5.76 Å². The van der Waals surface area contributed by atoms with Gasteiger partial charge in [0.05, 0.1) is 30.7 Å². The number of nitrogens with zero attached hydrogens (tertiary/aromatic N) is 1. The predicted molar refractivity (Wildman–Crippen MR) is 144 cm³/mol. The van der Waals surface area contributed by atoms with E-state index >= 15 is 0 Å². The number of rotatable bonds is 8. The average molecular weight is 498 g/mol. The van der Waals surface area contributed by atoms with E-state index in [1.807, 2.05) is 74.5 Å². The first-order valence-electron chi connectivity index (χ1n) is 12.7. The molecule has 1 aromatic heterocycles. The van der Waals surface area contributed by atoms with Gasteiger partial charge in [-0.25, -0.2) is 0 Å². The van der Waals surface area contributed by atoms with Crippen molar-refractivity contribution in [1.82, 2.24) is 4.90 Å². The summed E-state index contributed by atoms with van der Waals surface area (Å²) < 4.78 is 17.3. The Labute approximate surface area is 216 Å². The summed E-state index contributed by atoms with van der Waals surface area (Å²) in [6.45, 7) is 6.93. The summed E-state index contributed by atoms with van der Waals surface area (Å²) in [6.07, 6.45) is 1.51. The minimum Gasteiger partial charge on any atom is -0.497 e. The molecule has 4 aromatic rings. The summed E-state index contributed by atoms with van der Waals surface area (Å²) in [5.41, 5.74) is 4.41. The summed E-state index contributed by atoms with van der Waals surface area (Å²) >= 11 is 0. The Morgan fingerprint density at radius 1 is 0.973 bits per heavy atom. The number of amides is 1. The molecule has 0 N–H and O–H groups in total. The molecule has 1 unspecified atom stereocenters. The molecule has 6 heteroatoms. The van der Waals surface area contributed by atoms with E-state index in [9.17, 15) is 9.59 Å². The maximum Gasteiger partial charge on any atom is 0.290 e. The number of hydrogen-bond donors (Lipinski definition) is 0. The first kappa shape index (κ1) is 24.6. The number of ether oxygens (including phenoxy) is 2. The van der Waals surface area contributed by atoms with E-state index in [1.165, 1.54) is 0 Å². The molecule has 0 saturated heterocycles. The van der Waals surface area contributed by atoms with Crippen LogP contribution in [-0.2, 0) is 6.42 Å². The van der Waals surface area contributed by atoms with Crippen molar-refractivity contribution in [2.75, 3.05) is 20.3 Å². The van der Waals surface area contributed by atoms with Gasteiger partial charge in [-0.15, -0.1) is 0 Å². The zero-order chi connectivity index (χ0) is 26.1. The summed E-state index contributed by atoms with van der Waals surface area (Å²) in [7, 11) is 1.63. The maximum absolute atomic E-state index is 13.9. The monoisotopic (exact) mass is 497 g/mol. The van der Waals surface area contributed by atoms with Crippen LogP contribution in [0.2, 0.25) is 0 Å². The third kappa shape index (κ3) is 4.59. The maximum atomic E-state index is 13.9. The highest BCUT2D eigenvalue weighted by molar-refractivity contribution is 5.99. The largest absolute Gasteiger partial charge is 0.497 e. The van der Waals surface area contributed by atoms with Gasteiger partial charge in [-0.1, -0.05) is 37.3 Å². The van der Waals surface area contributed by atoms with Crippen LogP contribution in [0.3, 0.4) is 0 Å². The second-order valence-corrected chi connectivity index (χ2v) is 9.55. The molecular weight excluding hydrogens is 466 g/mol. The summed E-state index contributed by atoms with van der Waals surface area (Å²) in [5.74, 6) is 1.35. The van der Waals surface area contributed by atoms with Crippen LogP contribution in [0.5, 0.6) is 11.5 Å². The molecular formula is C31H31NO5. The highest BCUT2D eigenvalue weighted by Crippen LogP contribution is 2.39. The van der Waals surface area contributed by atoms with E-state index in [0.717, 1.165) is 34.4 Å². The summed E-state index contributed by atoms with van der Waals surface area (Å²) in [6, 6.07) is 18.7. The Morgan fingerprint density at radius 3 is 2.49 bits per heavy atom. The molecule has 0 fully saturated rings. The summed E-state index contributed by atoms with van der Waals surface area (Å²) in [4.78, 5) is 29.5. The molecule has 190 valence electrons. The molecule has 0 bridgehead atoms. The molecule has 2 heterocycles. The second-order valence-electron chi connectivity index (χ2n) is 9.55. The normalized spacial score (nSPS) is 14.8. The zero-order valence-electron chi connectivity index (χ0n) is 21.7. The number of carbonyl (C=O) groups is 1. The SMILES string of the molecule is CCCOc1cccc(C2c3c(oc4cc(C)cc(C)c4c3=O)C(=O)N2CCc2ccc(OC)cc2)c1. The van der Waals surface area contributed by atoms with Crippen LogP contribution in [-0.4, -0.2) is 31.1 Å². The lowest BCUT2D eigenvalue weighted by Crippen LogP contribution is -2.31. The second kappa shape index (κ2) is 10.1. The first-order valence-corrected chi connectivity index (χ1v) is 12.7. The molecule has 37 heavy (non-hydrogen) atoms. The molecule has 1 atom stereocenters. The lowest BCUT2D eigenvalue weighted by Gasteiger charge is -2.25. The lowest BCUT2D eigenvalue weighted by atomic mass is 9.96. The van der Waals surface area contributed by atoms with E-state index in [4.69, 9.17) is 13.9 Å². The minimum atomic E-state index is -0.563. The molecule has 1 amide bonds. The fraction of sp³-hybridized carbons (Fsp3) is 0.290. The fourth-order valence-corrected chi connectivity index (χ4v) is 5.13. The third-order valence-corrected chi connectivity index (χ3v) is 6.86. The van der Waals surface area contributed by atoms with Gasteiger partial charge in [-0.2, -0.15) is 0 Å². The first-order chi connectivity index (χ1) is 17.9. The van der Waals surface area contributed by atoms with E-state index in [2.05, 4.69) is 6.92 Å². The molecule has 0 spiro atoms. The number of fused-ring (bicyclic) bond motifs is 2. The van der Waals surface area contributed by atoms with Crippen LogP contribution in [0, 0.1) is 13.8 Å². The third-order valence-electron chi connectivity index (χ3n) is 6.86. The Bertz CT molecular complexity index is 1520. The van der Waals surface area contributed by atoms with Crippen LogP contribution in [0.4, 0.5) is 0 Å². The fourth-order valence-electron chi connectivity index (χ4n) is 5.13. The smallest absolute Gasteiger partial charge is 0.290 e. The van der Waals surface area contributed by atoms with E-state index in [1.54, 1.807) is 12.0 Å². The average Bonchev–Trinajstić information content (AvgIpc) is 3.17. The molecule has 1 aliphatic heterocycles. The highest BCUT2D eigenvalue weighted by atomic mass is 16.5. The highest BCUT2D eigenvalue weighted by Gasteiger charge is 2.42. The Balaban J connectivity index is 1.61. The number of carbonyl (C=O) groups excluding carboxylic acids is 1. The minimum absolute atomic E-state index is 0.127. The molecule has 0 radical (unpaired) electrons. The van der Waals surface area contributed by atoms with Crippen LogP contribution in [0.1, 0.15) is 57.8 Å². The Kier molecular flexibility index (Phi) is 6.74. The van der Waals surface area contributed by atoms with Crippen LogP contribution < -0.4 is 14.9 Å². The van der Waals surface area contributed by atoms with Gasteiger partial charge in [-0.3, -0.25) is 9.59 Å². The van der Waals surface area contributed by atoms with E-state index in [0.29, 0.717) is 41.9 Å². The van der Waals surface area contributed by atoms with Crippen molar-refractivity contribution < 1.29 is 18.7 Å². The van der Waals surface area contributed by atoms with Crippen molar-refractivity contribution in [3.63, 3.8) is 0 Å². The predicted octanol–water partition coefficient (Wildman–Crippen LogP) is 6.00. The van der Waals surface area contributed by atoms with E-state index in [-0.39, 0.29) is 17.1 Å². The summed E-state index contributed by atoms with van der Waals surface area (Å²) in [5, 5.41) is 0.526. The van der Waals surface area contributed by atoms with Crippen molar-refractivity contribution in [3.8, 4) is 11.5 Å². The van der Waals surface area contributed by atoms with Gasteiger partial charge in [0.25, 0.3) is 5.91 Å². The molecule has 6 nitrogen and oxygen atoms in total. The number of hydrogen-bond acceptors (Lipinski definition) is 5. The Morgan fingerprint density at radius 2 is 1.76 bits per heavy atom. The quantitative estimate of drug-likeness (QED) is 0.299. The van der Waals surface area contributed by atoms with Crippen molar-refractivity contribution in [1.29, 1.82) is 0 Å². The molecule has 1 aliphatic rings. The van der Waals surface area contributed by atoms with Crippen molar-refractivity contribution in [2.24, 2.45) is 0 Å². The van der Waals surface area contributed by atoms with Gasteiger partial charge in [0.1, 0.15) is 17.1 Å². The van der Waals surface area contributed by atoms with Gasteiger partial charge in [0, 0.05) is 6.54 Å². The molecule has 3 aromatic carbocycles. The van der Waals surface area contributed by atoms with Crippen molar-refractivity contribution in [2.45, 2.75) is 39.7 Å². The number of benzene rings is 3. The molecule has 0 saturated carbocycles. The van der Waals surface area contributed by atoms with Crippen LogP contribution in [0.25, 0.3) is 11.0 Å². The van der Waals surface area contributed by atoms with Gasteiger partial charge in [-0.05, 0) is 79.3 Å². The lowest BCUT2D eigenvalue weighted by molar-refractivity contribution is 0.0729. The van der Waals surface area contributed by atoms with Crippen molar-refractivity contribution >= 4 is 16.9 Å².